The molecule has 108 valence electrons. The van der Waals surface area contributed by atoms with Gasteiger partial charge in [0, 0.05) is 12.1 Å². The van der Waals surface area contributed by atoms with Crippen molar-refractivity contribution in [2.45, 2.75) is 59.7 Å². The smallest absolute Gasteiger partial charge is 0.118 e. The van der Waals surface area contributed by atoms with Gasteiger partial charge in [-0.1, -0.05) is 13.8 Å². The molecule has 0 spiro atoms. The summed E-state index contributed by atoms with van der Waals surface area (Å²) in [6.07, 6.45) is 1.28. The molecule has 0 bridgehead atoms. The Morgan fingerprint density at radius 3 is 2.53 bits per heavy atom. The molecular weight excluding hydrogens is 236 g/mol. The van der Waals surface area contributed by atoms with Crippen LogP contribution in [-0.4, -0.2) is 23.5 Å². The van der Waals surface area contributed by atoms with Crippen LogP contribution in [0.2, 0.25) is 0 Å². The lowest BCUT2D eigenvalue weighted by molar-refractivity contribution is 0.258. The van der Waals surface area contributed by atoms with Crippen LogP contribution in [0, 0.1) is 5.41 Å². The number of furan rings is 1. The van der Waals surface area contributed by atoms with Gasteiger partial charge >= 0.3 is 0 Å². The molecule has 1 saturated heterocycles. The van der Waals surface area contributed by atoms with Gasteiger partial charge in [-0.15, -0.1) is 0 Å². The summed E-state index contributed by atoms with van der Waals surface area (Å²) < 4.78 is 5.90. The maximum absolute atomic E-state index is 5.90. The van der Waals surface area contributed by atoms with Crippen LogP contribution in [0.4, 0.5) is 0 Å². The van der Waals surface area contributed by atoms with Crippen molar-refractivity contribution in [1.82, 2.24) is 10.2 Å². The van der Waals surface area contributed by atoms with Crippen LogP contribution in [-0.2, 0) is 13.1 Å². The van der Waals surface area contributed by atoms with Crippen molar-refractivity contribution in [1.29, 1.82) is 0 Å². The fraction of sp³-hybridized carbons (Fsp3) is 0.750. The van der Waals surface area contributed by atoms with E-state index in [1.807, 2.05) is 0 Å². The van der Waals surface area contributed by atoms with E-state index in [4.69, 9.17) is 4.42 Å². The van der Waals surface area contributed by atoms with Crippen molar-refractivity contribution in [2.75, 3.05) is 13.1 Å². The number of rotatable bonds is 4. The zero-order valence-electron chi connectivity index (χ0n) is 13.0. The molecule has 0 radical (unpaired) electrons. The fourth-order valence-electron chi connectivity index (χ4n) is 2.53. The molecule has 0 atom stereocenters. The molecule has 3 heteroatoms. The first-order valence-corrected chi connectivity index (χ1v) is 7.29. The van der Waals surface area contributed by atoms with Crippen LogP contribution in [0.25, 0.3) is 0 Å². The zero-order chi connectivity index (χ0) is 14.1. The predicted octanol–water partition coefficient (Wildman–Crippen LogP) is 3.40. The molecule has 0 aliphatic carbocycles. The Labute approximate surface area is 117 Å². The Bertz CT molecular complexity index is 415. The Morgan fingerprint density at radius 2 is 1.95 bits per heavy atom. The van der Waals surface area contributed by atoms with Gasteiger partial charge in [-0.25, -0.2) is 0 Å². The second kappa shape index (κ2) is 5.29. The maximum atomic E-state index is 5.90. The van der Waals surface area contributed by atoms with E-state index >= 15 is 0 Å². The van der Waals surface area contributed by atoms with Crippen molar-refractivity contribution in [3.8, 4) is 0 Å². The van der Waals surface area contributed by atoms with Crippen LogP contribution < -0.4 is 5.32 Å². The van der Waals surface area contributed by atoms with Crippen molar-refractivity contribution in [3.05, 3.63) is 23.7 Å². The summed E-state index contributed by atoms with van der Waals surface area (Å²) in [6.45, 7) is 15.3. The molecule has 19 heavy (non-hydrogen) atoms. The molecule has 2 heterocycles. The SMILES string of the molecule is CC1(C)CCN(Cc2ccc(CNC(C)(C)C)o2)C1. The molecule has 1 fully saturated rings. The van der Waals surface area contributed by atoms with Crippen molar-refractivity contribution in [3.63, 3.8) is 0 Å². The molecule has 1 aliphatic heterocycles. The number of hydrogen-bond acceptors (Lipinski definition) is 3. The zero-order valence-corrected chi connectivity index (χ0v) is 13.0. The van der Waals surface area contributed by atoms with E-state index in [0.29, 0.717) is 5.41 Å². The molecule has 0 amide bonds. The largest absolute Gasteiger partial charge is 0.463 e. The van der Waals surface area contributed by atoms with Crippen LogP contribution >= 0.6 is 0 Å². The van der Waals surface area contributed by atoms with Gasteiger partial charge in [-0.3, -0.25) is 4.90 Å². The first kappa shape index (κ1) is 14.6. The Kier molecular flexibility index (Phi) is 4.07. The van der Waals surface area contributed by atoms with Gasteiger partial charge < -0.3 is 9.73 Å². The van der Waals surface area contributed by atoms with Crippen molar-refractivity contribution < 1.29 is 4.42 Å². The van der Waals surface area contributed by atoms with E-state index in [9.17, 15) is 0 Å². The first-order chi connectivity index (χ1) is 8.73. The second-order valence-electron chi connectivity index (χ2n) is 7.60. The summed E-state index contributed by atoms with van der Waals surface area (Å²) in [5, 5.41) is 3.45. The van der Waals surface area contributed by atoms with Crippen molar-refractivity contribution >= 4 is 0 Å². The summed E-state index contributed by atoms with van der Waals surface area (Å²) in [7, 11) is 0. The predicted molar refractivity (Wildman–Crippen MR) is 79.0 cm³/mol. The normalized spacial score (nSPS) is 20.1. The highest BCUT2D eigenvalue weighted by molar-refractivity contribution is 5.08. The molecule has 0 unspecified atom stereocenters. The molecule has 3 nitrogen and oxygen atoms in total. The number of nitrogens with one attached hydrogen (secondary N) is 1. The minimum absolute atomic E-state index is 0.131. The third-order valence-electron chi connectivity index (χ3n) is 3.65. The highest BCUT2D eigenvalue weighted by Crippen LogP contribution is 2.29. The Balaban J connectivity index is 1.84. The van der Waals surface area contributed by atoms with Crippen LogP contribution in [0.5, 0.6) is 0 Å². The summed E-state index contributed by atoms with van der Waals surface area (Å²) in [5.74, 6) is 2.12. The van der Waals surface area contributed by atoms with Gasteiger partial charge in [-0.05, 0) is 51.3 Å². The molecular formula is C16H28N2O. The number of likely N-dealkylation sites (tertiary alicyclic amines) is 1. The lowest BCUT2D eigenvalue weighted by Gasteiger charge is -2.19. The molecule has 1 aromatic heterocycles. The van der Waals surface area contributed by atoms with Crippen LogP contribution in [0.15, 0.2) is 16.5 Å². The minimum atomic E-state index is 0.131. The third-order valence-corrected chi connectivity index (χ3v) is 3.65. The Morgan fingerprint density at radius 1 is 1.26 bits per heavy atom. The highest BCUT2D eigenvalue weighted by Gasteiger charge is 2.29. The van der Waals surface area contributed by atoms with Crippen LogP contribution in [0.3, 0.4) is 0 Å². The third kappa shape index (κ3) is 4.66. The molecule has 0 aromatic carbocycles. The lowest BCUT2D eigenvalue weighted by Crippen LogP contribution is -2.34. The van der Waals surface area contributed by atoms with Crippen LogP contribution in [0.1, 0.15) is 52.6 Å². The second-order valence-corrected chi connectivity index (χ2v) is 7.60. The van der Waals surface area contributed by atoms with E-state index in [1.54, 1.807) is 0 Å². The number of hydrogen-bond donors (Lipinski definition) is 1. The fourth-order valence-corrected chi connectivity index (χ4v) is 2.53. The Hall–Kier alpha value is -0.800. The van der Waals surface area contributed by atoms with Crippen molar-refractivity contribution in [2.24, 2.45) is 5.41 Å². The molecule has 1 aliphatic rings. The average molecular weight is 264 g/mol. The molecule has 2 rings (SSSR count). The summed E-state index contributed by atoms with van der Waals surface area (Å²) in [4.78, 5) is 2.49. The minimum Gasteiger partial charge on any atom is -0.463 e. The molecule has 1 aromatic rings. The van der Waals surface area contributed by atoms with E-state index < -0.39 is 0 Å². The standard InChI is InChI=1S/C16H28N2O/c1-15(2,3)17-10-13-6-7-14(19-13)11-18-9-8-16(4,5)12-18/h6-7,17H,8-12H2,1-5H3. The highest BCUT2D eigenvalue weighted by atomic mass is 16.3. The quantitative estimate of drug-likeness (QED) is 0.903. The number of nitrogens with zero attached hydrogens (tertiary/aromatic N) is 1. The molecule has 0 saturated carbocycles. The summed E-state index contributed by atoms with van der Waals surface area (Å²) in [6, 6.07) is 4.21. The van der Waals surface area contributed by atoms with Gasteiger partial charge in [0.05, 0.1) is 13.1 Å². The first-order valence-electron chi connectivity index (χ1n) is 7.29. The maximum Gasteiger partial charge on any atom is 0.118 e. The average Bonchev–Trinajstić information content (AvgIpc) is 2.82. The summed E-state index contributed by atoms with van der Waals surface area (Å²) in [5.41, 5.74) is 0.592. The monoisotopic (exact) mass is 264 g/mol. The van der Waals surface area contributed by atoms with Gasteiger partial charge in [0.2, 0.25) is 0 Å². The van der Waals surface area contributed by atoms with Gasteiger partial charge in [0.1, 0.15) is 11.5 Å². The van der Waals surface area contributed by atoms with E-state index in [2.05, 4.69) is 57.0 Å². The van der Waals surface area contributed by atoms with E-state index in [-0.39, 0.29) is 5.54 Å². The molecule has 1 N–H and O–H groups in total. The van der Waals surface area contributed by atoms with Gasteiger partial charge in [0.25, 0.3) is 0 Å². The van der Waals surface area contributed by atoms with E-state index in [0.717, 1.165) is 24.6 Å². The summed E-state index contributed by atoms with van der Waals surface area (Å²) >= 11 is 0. The lowest BCUT2D eigenvalue weighted by atomic mass is 9.93. The van der Waals surface area contributed by atoms with E-state index in [1.165, 1.54) is 19.5 Å². The topological polar surface area (TPSA) is 28.4 Å². The van der Waals surface area contributed by atoms with Gasteiger partial charge in [-0.2, -0.15) is 0 Å². The van der Waals surface area contributed by atoms with Gasteiger partial charge in [0.15, 0.2) is 0 Å².